The summed E-state index contributed by atoms with van der Waals surface area (Å²) in [5.74, 6) is 0.0216. The molecule has 24 heavy (non-hydrogen) atoms. The van der Waals surface area contributed by atoms with Crippen molar-refractivity contribution in [3.63, 3.8) is 0 Å². The van der Waals surface area contributed by atoms with Gasteiger partial charge in [-0.25, -0.2) is 9.97 Å². The summed E-state index contributed by atoms with van der Waals surface area (Å²) in [5.41, 5.74) is 6.67. The number of nitrogens with two attached hydrogens (primary N) is 1. The second-order valence-electron chi connectivity index (χ2n) is 5.75. The van der Waals surface area contributed by atoms with Crippen LogP contribution in [-0.2, 0) is 4.79 Å². The number of piperidine rings is 1. The van der Waals surface area contributed by atoms with Crippen LogP contribution < -0.4 is 11.1 Å². The van der Waals surface area contributed by atoms with E-state index < -0.39 is 0 Å². The third-order valence-corrected chi connectivity index (χ3v) is 4.12. The van der Waals surface area contributed by atoms with Crippen LogP contribution in [0.25, 0.3) is 0 Å². The van der Waals surface area contributed by atoms with Gasteiger partial charge < -0.3 is 16.0 Å². The summed E-state index contributed by atoms with van der Waals surface area (Å²) in [6, 6.07) is 8.96. The van der Waals surface area contributed by atoms with Gasteiger partial charge in [0.2, 0.25) is 11.9 Å². The number of carbonyl (C=O) groups is 2. The first kappa shape index (κ1) is 15.9. The number of hydrogen-bond acceptors (Lipinski definition) is 5. The summed E-state index contributed by atoms with van der Waals surface area (Å²) in [7, 11) is 0. The van der Waals surface area contributed by atoms with Gasteiger partial charge in [0, 0.05) is 42.7 Å². The number of aromatic nitrogens is 2. The zero-order valence-electron chi connectivity index (χ0n) is 13.2. The van der Waals surface area contributed by atoms with Crippen LogP contribution in [0.1, 0.15) is 23.2 Å². The Balaban J connectivity index is 1.67. The Morgan fingerprint density at radius 1 is 1.12 bits per heavy atom. The molecular weight excluding hydrogens is 306 g/mol. The van der Waals surface area contributed by atoms with Gasteiger partial charge in [0.15, 0.2) is 0 Å². The number of primary amides is 1. The van der Waals surface area contributed by atoms with Gasteiger partial charge in [0.05, 0.1) is 0 Å². The van der Waals surface area contributed by atoms with Crippen LogP contribution in [0.4, 0.5) is 11.6 Å². The van der Waals surface area contributed by atoms with Crippen LogP contribution >= 0.6 is 0 Å². The van der Waals surface area contributed by atoms with Crippen LogP contribution in [0, 0.1) is 5.92 Å². The van der Waals surface area contributed by atoms with Gasteiger partial charge in [-0.2, -0.15) is 0 Å². The van der Waals surface area contributed by atoms with Crippen LogP contribution in [-0.4, -0.2) is 39.8 Å². The molecule has 2 amide bonds. The maximum atomic E-state index is 12.6. The molecule has 7 heteroatoms. The standard InChI is InChI=1S/C17H19N5O2/c18-15(23)12-5-9-22(10-6-12)16(24)13-3-1-4-14(11-13)21-17-19-7-2-8-20-17/h1-4,7-8,11-12H,5-6,9-10H2,(H2,18,23)(H,19,20,21). The Bertz CT molecular complexity index is 727. The fraction of sp³-hybridized carbons (Fsp3) is 0.294. The van der Waals surface area contributed by atoms with Crippen LogP contribution in [0.2, 0.25) is 0 Å². The first-order chi connectivity index (χ1) is 11.6. The lowest BCUT2D eigenvalue weighted by Gasteiger charge is -2.30. The Hall–Kier alpha value is -2.96. The van der Waals surface area contributed by atoms with Crippen molar-refractivity contribution in [3.05, 3.63) is 48.3 Å². The second-order valence-corrected chi connectivity index (χ2v) is 5.75. The molecule has 1 saturated heterocycles. The van der Waals surface area contributed by atoms with Gasteiger partial charge in [0.25, 0.3) is 5.91 Å². The summed E-state index contributed by atoms with van der Waals surface area (Å²) in [6.07, 6.45) is 4.54. The topological polar surface area (TPSA) is 101 Å². The first-order valence-corrected chi connectivity index (χ1v) is 7.86. The van der Waals surface area contributed by atoms with Gasteiger partial charge in [-0.15, -0.1) is 0 Å². The molecule has 3 rings (SSSR count). The van der Waals surface area contributed by atoms with Gasteiger partial charge in [-0.05, 0) is 37.1 Å². The van der Waals surface area contributed by atoms with E-state index in [1.165, 1.54) is 0 Å². The molecule has 7 nitrogen and oxygen atoms in total. The summed E-state index contributed by atoms with van der Waals surface area (Å²) >= 11 is 0. The zero-order valence-corrected chi connectivity index (χ0v) is 13.2. The third-order valence-electron chi connectivity index (χ3n) is 4.12. The molecule has 1 aliphatic rings. The fourth-order valence-electron chi connectivity index (χ4n) is 2.77. The largest absolute Gasteiger partial charge is 0.369 e. The third kappa shape index (κ3) is 3.68. The highest BCUT2D eigenvalue weighted by molar-refractivity contribution is 5.95. The van der Waals surface area contributed by atoms with E-state index in [2.05, 4.69) is 15.3 Å². The van der Waals surface area contributed by atoms with Gasteiger partial charge in [-0.1, -0.05) is 6.07 Å². The number of amides is 2. The summed E-state index contributed by atoms with van der Waals surface area (Å²) in [6.45, 7) is 1.10. The molecule has 2 aromatic rings. The number of rotatable bonds is 4. The molecule has 3 N–H and O–H groups in total. The minimum absolute atomic E-state index is 0.0458. The molecule has 0 saturated carbocycles. The molecule has 1 fully saturated rings. The lowest BCUT2D eigenvalue weighted by atomic mass is 9.96. The Morgan fingerprint density at radius 2 is 1.83 bits per heavy atom. The van der Waals surface area contributed by atoms with E-state index in [1.54, 1.807) is 35.5 Å². The maximum absolute atomic E-state index is 12.6. The predicted octanol–water partition coefficient (Wildman–Crippen LogP) is 1.56. The molecular formula is C17H19N5O2. The molecule has 1 aromatic carbocycles. The smallest absolute Gasteiger partial charge is 0.253 e. The summed E-state index contributed by atoms with van der Waals surface area (Å²) in [5, 5.41) is 3.07. The average Bonchev–Trinajstić information content (AvgIpc) is 2.62. The van der Waals surface area contributed by atoms with Crippen molar-refractivity contribution in [2.24, 2.45) is 11.7 Å². The van der Waals surface area contributed by atoms with Crippen LogP contribution in [0.3, 0.4) is 0 Å². The van der Waals surface area contributed by atoms with E-state index in [9.17, 15) is 9.59 Å². The number of nitrogens with one attached hydrogen (secondary N) is 1. The maximum Gasteiger partial charge on any atom is 0.253 e. The molecule has 0 radical (unpaired) electrons. The van der Waals surface area contributed by atoms with Crippen LogP contribution in [0.5, 0.6) is 0 Å². The second kappa shape index (κ2) is 7.08. The molecule has 0 spiro atoms. The van der Waals surface area contributed by atoms with E-state index in [1.807, 2.05) is 12.1 Å². The van der Waals surface area contributed by atoms with Gasteiger partial charge >= 0.3 is 0 Å². The molecule has 124 valence electrons. The first-order valence-electron chi connectivity index (χ1n) is 7.86. The molecule has 0 unspecified atom stereocenters. The number of nitrogens with zero attached hydrogens (tertiary/aromatic N) is 3. The van der Waals surface area contributed by atoms with E-state index in [0.29, 0.717) is 37.4 Å². The SMILES string of the molecule is NC(=O)C1CCN(C(=O)c2cccc(Nc3ncccn3)c2)CC1. The minimum atomic E-state index is -0.281. The molecule has 1 aliphatic heterocycles. The minimum Gasteiger partial charge on any atom is -0.369 e. The highest BCUT2D eigenvalue weighted by atomic mass is 16.2. The van der Waals surface area contributed by atoms with E-state index in [4.69, 9.17) is 5.73 Å². The van der Waals surface area contributed by atoms with Crippen molar-refractivity contribution in [2.45, 2.75) is 12.8 Å². The Morgan fingerprint density at radius 3 is 2.50 bits per heavy atom. The van der Waals surface area contributed by atoms with Crippen molar-refractivity contribution >= 4 is 23.5 Å². The number of carbonyl (C=O) groups excluding carboxylic acids is 2. The van der Waals surface area contributed by atoms with Crippen molar-refractivity contribution in [3.8, 4) is 0 Å². The van der Waals surface area contributed by atoms with E-state index in [0.717, 1.165) is 5.69 Å². The lowest BCUT2D eigenvalue weighted by molar-refractivity contribution is -0.123. The van der Waals surface area contributed by atoms with Crippen LogP contribution in [0.15, 0.2) is 42.7 Å². The summed E-state index contributed by atoms with van der Waals surface area (Å²) < 4.78 is 0. The quantitative estimate of drug-likeness (QED) is 0.888. The number of benzene rings is 1. The Kier molecular flexibility index (Phi) is 4.69. The fourth-order valence-corrected chi connectivity index (χ4v) is 2.77. The molecule has 0 aliphatic carbocycles. The zero-order chi connectivity index (χ0) is 16.9. The van der Waals surface area contributed by atoms with Crippen molar-refractivity contribution in [2.75, 3.05) is 18.4 Å². The van der Waals surface area contributed by atoms with Gasteiger partial charge in [-0.3, -0.25) is 9.59 Å². The van der Waals surface area contributed by atoms with Crippen molar-refractivity contribution in [1.82, 2.24) is 14.9 Å². The number of hydrogen-bond donors (Lipinski definition) is 2. The average molecular weight is 325 g/mol. The molecule has 1 aromatic heterocycles. The van der Waals surface area contributed by atoms with Crippen molar-refractivity contribution < 1.29 is 9.59 Å². The van der Waals surface area contributed by atoms with E-state index >= 15 is 0 Å². The lowest BCUT2D eigenvalue weighted by Crippen LogP contribution is -2.41. The number of likely N-dealkylation sites (tertiary alicyclic amines) is 1. The van der Waals surface area contributed by atoms with Gasteiger partial charge in [0.1, 0.15) is 0 Å². The molecule has 0 bridgehead atoms. The normalized spacial score (nSPS) is 15.1. The monoisotopic (exact) mass is 325 g/mol. The van der Waals surface area contributed by atoms with E-state index in [-0.39, 0.29) is 17.7 Å². The Labute approximate surface area is 139 Å². The number of anilines is 2. The summed E-state index contributed by atoms with van der Waals surface area (Å²) in [4.78, 5) is 33.8. The highest BCUT2D eigenvalue weighted by Gasteiger charge is 2.26. The highest BCUT2D eigenvalue weighted by Crippen LogP contribution is 2.20. The van der Waals surface area contributed by atoms with Crippen molar-refractivity contribution in [1.29, 1.82) is 0 Å². The molecule has 0 atom stereocenters. The molecule has 2 heterocycles. The predicted molar refractivity (Wildman–Crippen MR) is 89.6 cm³/mol.